The van der Waals surface area contributed by atoms with Crippen LogP contribution in [0.25, 0.3) is 28.1 Å². The van der Waals surface area contributed by atoms with Gasteiger partial charge in [0.2, 0.25) is 0 Å². The lowest BCUT2D eigenvalue weighted by molar-refractivity contribution is 0.475. The highest BCUT2D eigenvalue weighted by atomic mass is 16.3. The lowest BCUT2D eigenvalue weighted by atomic mass is 10.0. The summed E-state index contributed by atoms with van der Waals surface area (Å²) in [5, 5.41) is 10.6. The SMILES string of the molecule is O=c1c(-c2ccccc2)c(O)cc(-c2ccncc2)n1-c1ccccc1. The standard InChI is InChI=1S/C22H16N2O2/c25-20-15-19(16-11-13-23-14-12-16)24(18-9-5-2-6-10-18)22(26)21(20)17-7-3-1-4-8-17/h1-15,25H. The molecule has 2 aromatic heterocycles. The van der Waals surface area contributed by atoms with Gasteiger partial charge in [0.15, 0.2) is 0 Å². The van der Waals surface area contributed by atoms with E-state index in [1.165, 1.54) is 0 Å². The van der Waals surface area contributed by atoms with Crippen LogP contribution in [0.2, 0.25) is 0 Å². The van der Waals surface area contributed by atoms with Crippen LogP contribution in [-0.4, -0.2) is 14.7 Å². The highest BCUT2D eigenvalue weighted by Gasteiger charge is 2.18. The van der Waals surface area contributed by atoms with Crippen molar-refractivity contribution in [1.29, 1.82) is 0 Å². The van der Waals surface area contributed by atoms with E-state index in [-0.39, 0.29) is 16.9 Å². The predicted octanol–water partition coefficient (Wildman–Crippen LogP) is 4.27. The number of benzene rings is 2. The predicted molar refractivity (Wildman–Crippen MR) is 102 cm³/mol. The molecule has 0 atom stereocenters. The molecule has 1 N–H and O–H groups in total. The first-order chi connectivity index (χ1) is 12.8. The van der Waals surface area contributed by atoms with Gasteiger partial charge in [-0.1, -0.05) is 48.5 Å². The average molecular weight is 340 g/mol. The fourth-order valence-corrected chi connectivity index (χ4v) is 3.04. The van der Waals surface area contributed by atoms with Crippen LogP contribution in [-0.2, 0) is 0 Å². The minimum Gasteiger partial charge on any atom is -0.507 e. The van der Waals surface area contributed by atoms with Gasteiger partial charge >= 0.3 is 0 Å². The molecule has 0 saturated heterocycles. The first kappa shape index (κ1) is 15.8. The second-order valence-electron chi connectivity index (χ2n) is 5.87. The fourth-order valence-electron chi connectivity index (χ4n) is 3.04. The van der Waals surface area contributed by atoms with Gasteiger partial charge in [-0.05, 0) is 29.8 Å². The third-order valence-electron chi connectivity index (χ3n) is 4.24. The molecule has 0 amide bonds. The second kappa shape index (κ2) is 6.69. The van der Waals surface area contributed by atoms with Gasteiger partial charge in [-0.2, -0.15) is 0 Å². The lowest BCUT2D eigenvalue weighted by Gasteiger charge is -2.16. The van der Waals surface area contributed by atoms with E-state index < -0.39 is 0 Å². The molecule has 0 radical (unpaired) electrons. The first-order valence-corrected chi connectivity index (χ1v) is 8.26. The molecule has 126 valence electrons. The summed E-state index contributed by atoms with van der Waals surface area (Å²) in [6, 6.07) is 23.9. The van der Waals surface area contributed by atoms with E-state index in [1.54, 1.807) is 23.0 Å². The Morgan fingerprint density at radius 3 is 2.04 bits per heavy atom. The van der Waals surface area contributed by atoms with Gasteiger partial charge in [-0.3, -0.25) is 14.3 Å². The van der Waals surface area contributed by atoms with Gasteiger partial charge in [0.1, 0.15) is 5.75 Å². The van der Waals surface area contributed by atoms with Crippen molar-refractivity contribution in [2.75, 3.05) is 0 Å². The van der Waals surface area contributed by atoms with E-state index in [9.17, 15) is 9.90 Å². The Bertz CT molecular complexity index is 1090. The maximum atomic E-state index is 13.4. The van der Waals surface area contributed by atoms with Gasteiger partial charge in [0.05, 0.1) is 11.3 Å². The van der Waals surface area contributed by atoms with Crippen LogP contribution in [0.1, 0.15) is 0 Å². The van der Waals surface area contributed by atoms with Crippen molar-refractivity contribution in [2.24, 2.45) is 0 Å². The molecule has 4 nitrogen and oxygen atoms in total. The Morgan fingerprint density at radius 2 is 1.38 bits per heavy atom. The van der Waals surface area contributed by atoms with E-state index in [1.807, 2.05) is 72.8 Å². The second-order valence-corrected chi connectivity index (χ2v) is 5.87. The molecular formula is C22H16N2O2. The maximum absolute atomic E-state index is 13.4. The van der Waals surface area contributed by atoms with Crippen LogP contribution in [0.3, 0.4) is 0 Å². The van der Waals surface area contributed by atoms with Crippen molar-refractivity contribution in [2.45, 2.75) is 0 Å². The monoisotopic (exact) mass is 340 g/mol. The molecule has 0 aliphatic rings. The number of para-hydroxylation sites is 1. The minimum atomic E-state index is -0.269. The van der Waals surface area contributed by atoms with Crippen LogP contribution >= 0.6 is 0 Å². The van der Waals surface area contributed by atoms with Crippen molar-refractivity contribution in [3.05, 3.63) is 102 Å². The van der Waals surface area contributed by atoms with Crippen molar-refractivity contribution < 1.29 is 5.11 Å². The molecule has 0 aliphatic carbocycles. The molecule has 0 fully saturated rings. The summed E-state index contributed by atoms with van der Waals surface area (Å²) >= 11 is 0. The Labute approximate surface area is 150 Å². The molecule has 2 heterocycles. The zero-order valence-corrected chi connectivity index (χ0v) is 13.9. The smallest absolute Gasteiger partial charge is 0.267 e. The van der Waals surface area contributed by atoms with E-state index in [0.717, 1.165) is 11.3 Å². The molecule has 2 aromatic carbocycles. The summed E-state index contributed by atoms with van der Waals surface area (Å²) in [5.41, 5.74) is 2.85. The van der Waals surface area contributed by atoms with Gasteiger partial charge < -0.3 is 5.11 Å². The average Bonchev–Trinajstić information content (AvgIpc) is 2.70. The maximum Gasteiger partial charge on any atom is 0.267 e. The lowest BCUT2D eigenvalue weighted by Crippen LogP contribution is -2.22. The van der Waals surface area contributed by atoms with Crippen molar-refractivity contribution in [3.63, 3.8) is 0 Å². The number of pyridine rings is 2. The van der Waals surface area contributed by atoms with Crippen molar-refractivity contribution in [3.8, 4) is 33.8 Å². The summed E-state index contributed by atoms with van der Waals surface area (Å²) < 4.78 is 1.62. The minimum absolute atomic E-state index is 0.0415. The number of hydrogen-bond donors (Lipinski definition) is 1. The zero-order valence-electron chi connectivity index (χ0n) is 13.9. The van der Waals surface area contributed by atoms with E-state index in [0.29, 0.717) is 11.3 Å². The topological polar surface area (TPSA) is 55.1 Å². The molecule has 0 spiro atoms. The summed E-state index contributed by atoms with van der Waals surface area (Å²) in [6.45, 7) is 0. The molecule has 4 heteroatoms. The third-order valence-corrected chi connectivity index (χ3v) is 4.24. The van der Waals surface area contributed by atoms with Crippen LogP contribution in [0, 0.1) is 0 Å². The number of aromatic nitrogens is 2. The molecule has 26 heavy (non-hydrogen) atoms. The number of rotatable bonds is 3. The van der Waals surface area contributed by atoms with Gasteiger partial charge in [-0.25, -0.2) is 0 Å². The van der Waals surface area contributed by atoms with Gasteiger partial charge in [-0.15, -0.1) is 0 Å². The van der Waals surface area contributed by atoms with Crippen molar-refractivity contribution >= 4 is 0 Å². The van der Waals surface area contributed by atoms with Crippen LogP contribution in [0.4, 0.5) is 0 Å². The molecule has 0 unspecified atom stereocenters. The van der Waals surface area contributed by atoms with E-state index in [4.69, 9.17) is 0 Å². The van der Waals surface area contributed by atoms with Crippen LogP contribution in [0.15, 0.2) is 96.1 Å². The summed E-state index contributed by atoms with van der Waals surface area (Å²) in [7, 11) is 0. The normalized spacial score (nSPS) is 10.6. The number of nitrogens with zero attached hydrogens (tertiary/aromatic N) is 2. The van der Waals surface area contributed by atoms with E-state index in [2.05, 4.69) is 4.98 Å². The third kappa shape index (κ3) is 2.78. The molecule has 0 saturated carbocycles. The summed E-state index contributed by atoms with van der Waals surface area (Å²) in [4.78, 5) is 17.4. The van der Waals surface area contributed by atoms with Gasteiger partial charge in [0.25, 0.3) is 5.56 Å². The quantitative estimate of drug-likeness (QED) is 0.606. The first-order valence-electron chi connectivity index (χ1n) is 8.26. The molecule has 4 rings (SSSR count). The largest absolute Gasteiger partial charge is 0.507 e. The highest BCUT2D eigenvalue weighted by Crippen LogP contribution is 2.31. The number of hydrogen-bond acceptors (Lipinski definition) is 3. The van der Waals surface area contributed by atoms with Crippen molar-refractivity contribution in [1.82, 2.24) is 9.55 Å². The van der Waals surface area contributed by atoms with E-state index >= 15 is 0 Å². The summed E-state index contributed by atoms with van der Waals surface area (Å²) in [6.07, 6.45) is 3.33. The molecule has 4 aromatic rings. The van der Waals surface area contributed by atoms with Crippen LogP contribution < -0.4 is 5.56 Å². The molecular weight excluding hydrogens is 324 g/mol. The number of aromatic hydroxyl groups is 1. The molecule has 0 aliphatic heterocycles. The molecule has 0 bridgehead atoms. The van der Waals surface area contributed by atoms with Gasteiger partial charge in [0, 0.05) is 29.7 Å². The summed E-state index contributed by atoms with van der Waals surface area (Å²) in [5.74, 6) is -0.0415. The Kier molecular flexibility index (Phi) is 4.07. The Morgan fingerprint density at radius 1 is 0.769 bits per heavy atom. The fraction of sp³-hybridized carbons (Fsp3) is 0. The Balaban J connectivity index is 2.07. The highest BCUT2D eigenvalue weighted by molar-refractivity contribution is 5.74. The zero-order chi connectivity index (χ0) is 17.9. The Hall–Kier alpha value is -3.66. The van der Waals surface area contributed by atoms with Crippen LogP contribution in [0.5, 0.6) is 5.75 Å².